The highest BCUT2D eigenvalue weighted by atomic mass is 79.9. The van der Waals surface area contributed by atoms with E-state index in [4.69, 9.17) is 9.47 Å². The van der Waals surface area contributed by atoms with E-state index in [1.54, 1.807) is 12.1 Å². The number of ether oxygens (including phenoxy) is 2. The van der Waals surface area contributed by atoms with E-state index in [0.29, 0.717) is 30.3 Å². The van der Waals surface area contributed by atoms with Crippen molar-refractivity contribution in [2.24, 2.45) is 0 Å². The molecular formula is C10H9BrO3. The molecule has 0 bridgehead atoms. The lowest BCUT2D eigenvalue weighted by molar-refractivity contribution is 0.101. The molecule has 0 fully saturated rings. The van der Waals surface area contributed by atoms with Crippen LogP contribution in [-0.4, -0.2) is 19.0 Å². The molecule has 0 saturated carbocycles. The van der Waals surface area contributed by atoms with Gasteiger partial charge in [-0.05, 0) is 35.0 Å². The summed E-state index contributed by atoms with van der Waals surface area (Å²) in [6, 6.07) is 3.46. The minimum atomic E-state index is 0.0164. The summed E-state index contributed by atoms with van der Waals surface area (Å²) in [6.45, 7) is 2.60. The zero-order valence-corrected chi connectivity index (χ0v) is 9.26. The number of hydrogen-bond donors (Lipinski definition) is 0. The largest absolute Gasteiger partial charge is 0.486 e. The average Bonchev–Trinajstić information content (AvgIpc) is 2.17. The molecule has 0 radical (unpaired) electrons. The van der Waals surface area contributed by atoms with E-state index >= 15 is 0 Å². The van der Waals surface area contributed by atoms with Crippen LogP contribution in [-0.2, 0) is 0 Å². The Balaban J connectivity index is 2.51. The summed E-state index contributed by atoms with van der Waals surface area (Å²) in [5.74, 6) is 1.33. The van der Waals surface area contributed by atoms with E-state index in [0.717, 1.165) is 4.47 Å². The third kappa shape index (κ3) is 1.62. The molecule has 4 heteroatoms. The minimum absolute atomic E-state index is 0.0164. The number of Topliss-reactive ketones (excluding diaryl/α,β-unsaturated/α-hetero) is 1. The predicted molar refractivity (Wildman–Crippen MR) is 55.1 cm³/mol. The van der Waals surface area contributed by atoms with Crippen molar-refractivity contribution in [1.29, 1.82) is 0 Å². The van der Waals surface area contributed by atoms with Crippen molar-refractivity contribution in [3.63, 3.8) is 0 Å². The van der Waals surface area contributed by atoms with Crippen molar-refractivity contribution < 1.29 is 14.3 Å². The number of benzene rings is 1. The van der Waals surface area contributed by atoms with Crippen LogP contribution in [0.3, 0.4) is 0 Å². The van der Waals surface area contributed by atoms with Gasteiger partial charge in [0.05, 0.1) is 4.47 Å². The first-order valence-corrected chi connectivity index (χ1v) is 5.08. The van der Waals surface area contributed by atoms with Gasteiger partial charge in [0.1, 0.15) is 13.2 Å². The number of halogens is 1. The smallest absolute Gasteiger partial charge is 0.175 e. The number of carbonyl (C=O) groups excluding carboxylic acids is 1. The maximum Gasteiger partial charge on any atom is 0.175 e. The van der Waals surface area contributed by atoms with Crippen molar-refractivity contribution in [2.45, 2.75) is 6.92 Å². The zero-order valence-electron chi connectivity index (χ0n) is 7.67. The molecule has 1 aliphatic rings. The van der Waals surface area contributed by atoms with Gasteiger partial charge in [0, 0.05) is 5.56 Å². The number of ketones is 1. The van der Waals surface area contributed by atoms with Crippen molar-refractivity contribution >= 4 is 21.7 Å². The van der Waals surface area contributed by atoms with Crippen LogP contribution in [0.1, 0.15) is 17.3 Å². The first kappa shape index (κ1) is 9.52. The molecule has 0 aliphatic carbocycles. The molecular weight excluding hydrogens is 248 g/mol. The van der Waals surface area contributed by atoms with Gasteiger partial charge < -0.3 is 9.47 Å². The number of carbonyl (C=O) groups is 1. The second kappa shape index (κ2) is 3.61. The maximum atomic E-state index is 11.2. The lowest BCUT2D eigenvalue weighted by Crippen LogP contribution is -2.16. The van der Waals surface area contributed by atoms with Gasteiger partial charge >= 0.3 is 0 Å². The van der Waals surface area contributed by atoms with Crippen LogP contribution in [0.4, 0.5) is 0 Å². The van der Waals surface area contributed by atoms with Crippen LogP contribution in [0.25, 0.3) is 0 Å². The molecule has 1 aliphatic heterocycles. The van der Waals surface area contributed by atoms with Gasteiger partial charge in [-0.2, -0.15) is 0 Å². The molecule has 1 heterocycles. The van der Waals surface area contributed by atoms with E-state index in [2.05, 4.69) is 15.9 Å². The quantitative estimate of drug-likeness (QED) is 0.725. The summed E-state index contributed by atoms with van der Waals surface area (Å²) in [7, 11) is 0. The van der Waals surface area contributed by atoms with Gasteiger partial charge in [-0.3, -0.25) is 4.79 Å². The Hall–Kier alpha value is -1.03. The van der Waals surface area contributed by atoms with E-state index in [-0.39, 0.29) is 5.78 Å². The molecule has 1 aromatic rings. The molecule has 3 nitrogen and oxygen atoms in total. The Bertz CT molecular complexity index is 387. The molecule has 0 amide bonds. The highest BCUT2D eigenvalue weighted by Gasteiger charge is 2.17. The number of fused-ring (bicyclic) bond motifs is 1. The van der Waals surface area contributed by atoms with E-state index < -0.39 is 0 Å². The van der Waals surface area contributed by atoms with Gasteiger partial charge in [0.25, 0.3) is 0 Å². The fourth-order valence-corrected chi connectivity index (χ4v) is 1.87. The Morgan fingerprint density at radius 2 is 2.07 bits per heavy atom. The molecule has 0 N–H and O–H groups in total. The lowest BCUT2D eigenvalue weighted by Gasteiger charge is -2.19. The van der Waals surface area contributed by atoms with E-state index in [9.17, 15) is 4.79 Å². The summed E-state index contributed by atoms with van der Waals surface area (Å²) in [6.07, 6.45) is 0. The molecule has 2 rings (SSSR count). The summed E-state index contributed by atoms with van der Waals surface area (Å²) in [4.78, 5) is 11.2. The SMILES string of the molecule is CC(=O)c1cc(Br)c2c(c1)OCCO2. The highest BCUT2D eigenvalue weighted by molar-refractivity contribution is 9.10. The second-order valence-electron chi connectivity index (χ2n) is 3.04. The van der Waals surface area contributed by atoms with Crippen LogP contribution in [0.15, 0.2) is 16.6 Å². The van der Waals surface area contributed by atoms with Crippen molar-refractivity contribution in [1.82, 2.24) is 0 Å². The van der Waals surface area contributed by atoms with Gasteiger partial charge in [-0.15, -0.1) is 0 Å². The van der Waals surface area contributed by atoms with Crippen LogP contribution in [0, 0.1) is 0 Å². The summed E-state index contributed by atoms with van der Waals surface area (Å²) in [5.41, 5.74) is 0.626. The molecule has 0 atom stereocenters. The van der Waals surface area contributed by atoms with Gasteiger partial charge in [-0.1, -0.05) is 0 Å². The fourth-order valence-electron chi connectivity index (χ4n) is 1.31. The van der Waals surface area contributed by atoms with Gasteiger partial charge in [0.15, 0.2) is 17.3 Å². The van der Waals surface area contributed by atoms with Crippen LogP contribution >= 0.6 is 15.9 Å². The monoisotopic (exact) mass is 256 g/mol. The summed E-state index contributed by atoms with van der Waals surface area (Å²) < 4.78 is 11.6. The third-order valence-corrected chi connectivity index (χ3v) is 2.59. The topological polar surface area (TPSA) is 35.5 Å². The van der Waals surface area contributed by atoms with Crippen LogP contribution in [0.5, 0.6) is 11.5 Å². The molecule has 14 heavy (non-hydrogen) atoms. The highest BCUT2D eigenvalue weighted by Crippen LogP contribution is 2.38. The normalized spacial score (nSPS) is 13.9. The van der Waals surface area contributed by atoms with E-state index in [1.807, 2.05) is 0 Å². The van der Waals surface area contributed by atoms with Crippen molar-refractivity contribution in [2.75, 3.05) is 13.2 Å². The van der Waals surface area contributed by atoms with Crippen molar-refractivity contribution in [3.8, 4) is 11.5 Å². The Morgan fingerprint density at radius 1 is 1.36 bits per heavy atom. The van der Waals surface area contributed by atoms with E-state index in [1.165, 1.54) is 6.92 Å². The average molecular weight is 257 g/mol. The molecule has 0 unspecified atom stereocenters. The van der Waals surface area contributed by atoms with Crippen LogP contribution in [0.2, 0.25) is 0 Å². The molecule has 1 aromatic carbocycles. The Morgan fingerprint density at radius 3 is 2.79 bits per heavy atom. The molecule has 74 valence electrons. The molecule has 0 spiro atoms. The molecule has 0 saturated heterocycles. The standard InChI is InChI=1S/C10H9BrO3/c1-6(12)7-4-8(11)10-9(5-7)13-2-3-14-10/h4-5H,2-3H2,1H3. The lowest BCUT2D eigenvalue weighted by atomic mass is 10.1. The first-order chi connectivity index (χ1) is 6.68. The fraction of sp³-hybridized carbons (Fsp3) is 0.300. The number of hydrogen-bond acceptors (Lipinski definition) is 3. The van der Waals surface area contributed by atoms with Gasteiger partial charge in [0.2, 0.25) is 0 Å². The summed E-state index contributed by atoms with van der Waals surface area (Å²) >= 11 is 3.34. The predicted octanol–water partition coefficient (Wildman–Crippen LogP) is 2.42. The third-order valence-electron chi connectivity index (χ3n) is 2.00. The maximum absolute atomic E-state index is 11.2. The minimum Gasteiger partial charge on any atom is -0.486 e. The Kier molecular flexibility index (Phi) is 2.46. The Labute approximate surface area is 90.1 Å². The summed E-state index contributed by atoms with van der Waals surface area (Å²) in [5, 5.41) is 0. The second-order valence-corrected chi connectivity index (χ2v) is 3.89. The first-order valence-electron chi connectivity index (χ1n) is 4.28. The zero-order chi connectivity index (χ0) is 10.1. The van der Waals surface area contributed by atoms with Gasteiger partial charge in [-0.25, -0.2) is 0 Å². The van der Waals surface area contributed by atoms with Crippen molar-refractivity contribution in [3.05, 3.63) is 22.2 Å². The molecule has 0 aromatic heterocycles. The van der Waals surface area contributed by atoms with Crippen LogP contribution < -0.4 is 9.47 Å². The number of rotatable bonds is 1.